The molecule has 174 valence electrons. The van der Waals surface area contributed by atoms with Gasteiger partial charge in [0, 0.05) is 45.2 Å². The van der Waals surface area contributed by atoms with Gasteiger partial charge in [0.1, 0.15) is 0 Å². The van der Waals surface area contributed by atoms with E-state index >= 15 is 0 Å². The highest BCUT2D eigenvalue weighted by Crippen LogP contribution is 2.33. The Morgan fingerprint density at radius 2 is 1.91 bits per heavy atom. The van der Waals surface area contributed by atoms with E-state index < -0.39 is 10.0 Å². The molecule has 0 aliphatic carbocycles. The third-order valence-corrected chi connectivity index (χ3v) is 8.90. The number of carbonyl (C=O) groups excluding carboxylic acids is 1. The average Bonchev–Trinajstić information content (AvgIpc) is 3.11. The van der Waals surface area contributed by atoms with E-state index in [2.05, 4.69) is 15.5 Å². The van der Waals surface area contributed by atoms with Gasteiger partial charge in [-0.2, -0.15) is 4.31 Å². The summed E-state index contributed by atoms with van der Waals surface area (Å²) in [5.74, 6) is 1.21. The van der Waals surface area contributed by atoms with E-state index in [1.54, 1.807) is 17.0 Å². The minimum absolute atomic E-state index is 0.0390. The van der Waals surface area contributed by atoms with E-state index in [0.29, 0.717) is 37.8 Å². The predicted octanol–water partition coefficient (Wildman–Crippen LogP) is 1.76. The quantitative estimate of drug-likeness (QED) is 0.569. The number of ether oxygens (including phenoxy) is 2. The molecule has 1 saturated heterocycles. The number of rotatable bonds is 7. The number of fused-ring (bicyclic) bond motifs is 1. The van der Waals surface area contributed by atoms with Crippen LogP contribution >= 0.6 is 23.1 Å². The minimum atomic E-state index is -3.68. The molecule has 0 spiro atoms. The number of amides is 1. The summed E-state index contributed by atoms with van der Waals surface area (Å²) in [7, 11) is -3.68. The van der Waals surface area contributed by atoms with Gasteiger partial charge in [0.25, 0.3) is 0 Å². The molecular formula is C19H25N5O5S3. The van der Waals surface area contributed by atoms with Crippen molar-refractivity contribution in [2.45, 2.75) is 22.6 Å². The maximum atomic E-state index is 13.1. The average molecular weight is 500 g/mol. The fraction of sp³-hybridized carbons (Fsp3) is 0.526. The van der Waals surface area contributed by atoms with Crippen molar-refractivity contribution in [3.05, 3.63) is 18.2 Å². The van der Waals surface area contributed by atoms with Gasteiger partial charge in [0.2, 0.25) is 21.1 Å². The second-order valence-corrected chi connectivity index (χ2v) is 11.3. The van der Waals surface area contributed by atoms with Gasteiger partial charge in [-0.15, -0.1) is 10.2 Å². The van der Waals surface area contributed by atoms with Crippen LogP contribution in [0.2, 0.25) is 0 Å². The van der Waals surface area contributed by atoms with E-state index in [1.807, 2.05) is 6.92 Å². The van der Waals surface area contributed by atoms with Crippen molar-refractivity contribution in [3.63, 3.8) is 0 Å². The third-order valence-electron chi connectivity index (χ3n) is 5.00. The number of carbonyl (C=O) groups is 1. The lowest BCUT2D eigenvalue weighted by atomic mass is 10.3. The first kappa shape index (κ1) is 23.1. The van der Waals surface area contributed by atoms with Crippen LogP contribution in [0.3, 0.4) is 0 Å². The van der Waals surface area contributed by atoms with Gasteiger partial charge >= 0.3 is 0 Å². The van der Waals surface area contributed by atoms with E-state index in [4.69, 9.17) is 9.47 Å². The zero-order valence-corrected chi connectivity index (χ0v) is 20.1. The van der Waals surface area contributed by atoms with Gasteiger partial charge < -0.3 is 19.7 Å². The van der Waals surface area contributed by atoms with E-state index in [1.165, 1.54) is 33.5 Å². The number of hydrogen-bond acceptors (Lipinski definition) is 10. The Morgan fingerprint density at radius 3 is 2.66 bits per heavy atom. The van der Waals surface area contributed by atoms with Gasteiger partial charge in [-0.1, -0.05) is 23.1 Å². The van der Waals surface area contributed by atoms with Crippen LogP contribution in [0.25, 0.3) is 0 Å². The minimum Gasteiger partial charge on any atom is -0.490 e. The van der Waals surface area contributed by atoms with E-state index in [9.17, 15) is 13.2 Å². The number of sulfonamides is 1. The second kappa shape index (κ2) is 10.2. The zero-order valence-electron chi connectivity index (χ0n) is 17.7. The molecule has 3 heterocycles. The molecule has 10 nitrogen and oxygen atoms in total. The summed E-state index contributed by atoms with van der Waals surface area (Å²) in [6.07, 6.45) is 0.751. The molecule has 0 atom stereocenters. The Morgan fingerprint density at radius 1 is 1.16 bits per heavy atom. The molecule has 13 heteroatoms. The molecule has 1 aromatic heterocycles. The van der Waals surface area contributed by atoms with Crippen LogP contribution in [0.1, 0.15) is 13.3 Å². The Labute approximate surface area is 195 Å². The molecule has 1 amide bonds. The van der Waals surface area contributed by atoms with Crippen molar-refractivity contribution in [2.24, 2.45) is 0 Å². The Hall–Kier alpha value is -2.09. The molecule has 0 saturated carbocycles. The fourth-order valence-electron chi connectivity index (χ4n) is 3.34. The van der Waals surface area contributed by atoms with Gasteiger partial charge in [-0.25, -0.2) is 8.42 Å². The van der Waals surface area contributed by atoms with Crippen LogP contribution in [0.15, 0.2) is 27.4 Å². The number of hydrogen-bond donors (Lipinski definition) is 1. The highest BCUT2D eigenvalue weighted by atomic mass is 32.2. The summed E-state index contributed by atoms with van der Waals surface area (Å²) in [5, 5.41) is 11.9. The standard InChI is InChI=1S/C19H25N5O5S3/c1-2-20-18-21-22-19(31-18)30-13-17(25)23-6-8-24(9-7-23)32(26,27)14-4-5-15-16(12-14)29-11-3-10-28-15/h4-5,12H,2-3,6-11,13H2,1H3,(H,20,21). The first-order valence-corrected chi connectivity index (χ1v) is 13.6. The molecule has 0 bridgehead atoms. The summed E-state index contributed by atoms with van der Waals surface area (Å²) in [4.78, 5) is 14.4. The molecule has 1 N–H and O–H groups in total. The molecule has 0 unspecified atom stereocenters. The number of aromatic nitrogens is 2. The molecule has 32 heavy (non-hydrogen) atoms. The van der Waals surface area contributed by atoms with Crippen LogP contribution in [0.5, 0.6) is 11.5 Å². The lowest BCUT2D eigenvalue weighted by Crippen LogP contribution is -2.50. The highest BCUT2D eigenvalue weighted by molar-refractivity contribution is 8.01. The fourth-order valence-corrected chi connectivity index (χ4v) is 6.50. The zero-order chi connectivity index (χ0) is 22.6. The lowest BCUT2D eigenvalue weighted by molar-refractivity contribution is -0.129. The number of nitrogens with one attached hydrogen (secondary N) is 1. The lowest BCUT2D eigenvalue weighted by Gasteiger charge is -2.34. The number of nitrogens with zero attached hydrogens (tertiary/aromatic N) is 4. The first-order chi connectivity index (χ1) is 15.5. The van der Waals surface area contributed by atoms with Crippen LogP contribution in [0.4, 0.5) is 5.13 Å². The smallest absolute Gasteiger partial charge is 0.243 e. The number of anilines is 1. The Bertz CT molecular complexity index is 1050. The Balaban J connectivity index is 1.32. The van der Waals surface area contributed by atoms with Crippen molar-refractivity contribution in [1.82, 2.24) is 19.4 Å². The van der Waals surface area contributed by atoms with Gasteiger partial charge in [-0.05, 0) is 19.1 Å². The summed E-state index contributed by atoms with van der Waals surface area (Å²) >= 11 is 2.75. The molecule has 1 fully saturated rings. The molecule has 2 aromatic rings. The van der Waals surface area contributed by atoms with Crippen molar-refractivity contribution >= 4 is 44.2 Å². The topological polar surface area (TPSA) is 114 Å². The third kappa shape index (κ3) is 5.27. The van der Waals surface area contributed by atoms with Gasteiger partial charge in [-0.3, -0.25) is 4.79 Å². The number of benzene rings is 1. The number of thioether (sulfide) groups is 1. The molecule has 4 rings (SSSR count). The van der Waals surface area contributed by atoms with Crippen molar-refractivity contribution in [3.8, 4) is 11.5 Å². The van der Waals surface area contributed by atoms with Crippen LogP contribution in [-0.4, -0.2) is 85.4 Å². The summed E-state index contributed by atoms with van der Waals surface area (Å²) < 4.78 is 39.6. The predicted molar refractivity (Wildman–Crippen MR) is 122 cm³/mol. The summed E-state index contributed by atoms with van der Waals surface area (Å²) in [5.41, 5.74) is 0. The van der Waals surface area contributed by atoms with Crippen molar-refractivity contribution in [2.75, 3.05) is 57.0 Å². The Kier molecular flexibility index (Phi) is 7.38. The normalized spacial score (nSPS) is 17.1. The van der Waals surface area contributed by atoms with E-state index in [0.717, 1.165) is 22.4 Å². The van der Waals surface area contributed by atoms with Crippen LogP contribution in [0, 0.1) is 0 Å². The largest absolute Gasteiger partial charge is 0.490 e. The SMILES string of the molecule is CCNc1nnc(SCC(=O)N2CCN(S(=O)(=O)c3ccc4c(c3)OCCCO4)CC2)s1. The van der Waals surface area contributed by atoms with Crippen molar-refractivity contribution < 1.29 is 22.7 Å². The molecular weight excluding hydrogens is 474 g/mol. The first-order valence-electron chi connectivity index (χ1n) is 10.3. The van der Waals surface area contributed by atoms with Crippen LogP contribution < -0.4 is 14.8 Å². The monoisotopic (exact) mass is 499 g/mol. The molecule has 2 aliphatic rings. The molecule has 0 radical (unpaired) electrons. The highest BCUT2D eigenvalue weighted by Gasteiger charge is 2.31. The van der Waals surface area contributed by atoms with E-state index in [-0.39, 0.29) is 29.6 Å². The maximum absolute atomic E-state index is 13.1. The van der Waals surface area contributed by atoms with Crippen LogP contribution in [-0.2, 0) is 14.8 Å². The molecule has 1 aromatic carbocycles. The molecule has 2 aliphatic heterocycles. The maximum Gasteiger partial charge on any atom is 0.243 e. The number of piperazine rings is 1. The van der Waals surface area contributed by atoms with Gasteiger partial charge in [0.05, 0.1) is 23.9 Å². The summed E-state index contributed by atoms with van der Waals surface area (Å²) in [6, 6.07) is 4.70. The second-order valence-electron chi connectivity index (χ2n) is 7.14. The van der Waals surface area contributed by atoms with Gasteiger partial charge in [0.15, 0.2) is 15.8 Å². The summed E-state index contributed by atoms with van der Waals surface area (Å²) in [6.45, 7) is 4.97. The van der Waals surface area contributed by atoms with Crippen molar-refractivity contribution in [1.29, 1.82) is 0 Å².